The van der Waals surface area contributed by atoms with E-state index in [-0.39, 0.29) is 5.02 Å². The van der Waals surface area contributed by atoms with Crippen molar-refractivity contribution in [2.75, 3.05) is 6.54 Å². The summed E-state index contributed by atoms with van der Waals surface area (Å²) >= 11 is 12.0. The number of halogens is 3. The number of nitrogens with two attached hydrogens (primary N) is 1. The van der Waals surface area contributed by atoms with Crippen LogP contribution in [0.25, 0.3) is 0 Å². The van der Waals surface area contributed by atoms with E-state index in [9.17, 15) is 4.39 Å². The third-order valence-corrected chi connectivity index (χ3v) is 3.21. The Labute approximate surface area is 120 Å². The third-order valence-electron chi connectivity index (χ3n) is 2.56. The zero-order chi connectivity index (χ0) is 13.8. The Bertz CT molecular complexity index is 590. The highest BCUT2D eigenvalue weighted by Crippen LogP contribution is 2.31. The monoisotopic (exact) mass is 299 g/mol. The molecule has 0 fully saturated rings. The van der Waals surface area contributed by atoms with Gasteiger partial charge in [-0.3, -0.25) is 0 Å². The fraction of sp³-hybridized carbons (Fsp3) is 0.143. The zero-order valence-corrected chi connectivity index (χ0v) is 11.5. The maximum atomic E-state index is 12.9. The number of benzene rings is 2. The van der Waals surface area contributed by atoms with Gasteiger partial charge in [0, 0.05) is 5.02 Å². The molecule has 0 aliphatic heterocycles. The van der Waals surface area contributed by atoms with Crippen molar-refractivity contribution in [1.29, 1.82) is 0 Å². The molecule has 0 unspecified atom stereocenters. The first-order valence-electron chi connectivity index (χ1n) is 5.71. The van der Waals surface area contributed by atoms with Gasteiger partial charge in [0.05, 0.1) is 5.02 Å². The van der Waals surface area contributed by atoms with Gasteiger partial charge >= 0.3 is 0 Å². The molecule has 100 valence electrons. The first-order valence-corrected chi connectivity index (χ1v) is 6.47. The smallest absolute Gasteiger partial charge is 0.146 e. The van der Waals surface area contributed by atoms with E-state index in [0.717, 1.165) is 5.56 Å². The Morgan fingerprint density at radius 3 is 2.47 bits per heavy atom. The minimum absolute atomic E-state index is 0.210. The van der Waals surface area contributed by atoms with Crippen molar-refractivity contribution in [3.8, 4) is 11.5 Å². The van der Waals surface area contributed by atoms with Crippen LogP contribution in [0.15, 0.2) is 36.4 Å². The van der Waals surface area contributed by atoms with Crippen LogP contribution in [0.2, 0.25) is 10.0 Å². The molecule has 0 heterocycles. The van der Waals surface area contributed by atoms with Gasteiger partial charge in [-0.05, 0) is 48.9 Å². The van der Waals surface area contributed by atoms with Crippen LogP contribution in [-0.2, 0) is 6.42 Å². The molecule has 5 heteroatoms. The summed E-state index contributed by atoms with van der Waals surface area (Å²) in [7, 11) is 0. The van der Waals surface area contributed by atoms with Crippen molar-refractivity contribution in [3.05, 3.63) is 57.8 Å². The van der Waals surface area contributed by atoms with E-state index < -0.39 is 5.82 Å². The number of hydrogen-bond donors (Lipinski definition) is 1. The summed E-state index contributed by atoms with van der Waals surface area (Å²) in [6.07, 6.45) is 0.705. The van der Waals surface area contributed by atoms with Crippen LogP contribution in [0.4, 0.5) is 4.39 Å². The van der Waals surface area contributed by atoms with Crippen LogP contribution in [0.1, 0.15) is 5.56 Å². The second-order valence-electron chi connectivity index (χ2n) is 3.97. The molecule has 0 saturated heterocycles. The molecule has 0 spiro atoms. The topological polar surface area (TPSA) is 35.2 Å². The Morgan fingerprint density at radius 1 is 1.05 bits per heavy atom. The van der Waals surface area contributed by atoms with Gasteiger partial charge in [0.25, 0.3) is 0 Å². The minimum Gasteiger partial charge on any atom is -0.456 e. The average molecular weight is 300 g/mol. The van der Waals surface area contributed by atoms with E-state index in [1.807, 2.05) is 6.07 Å². The summed E-state index contributed by atoms with van der Waals surface area (Å²) < 4.78 is 18.5. The standard InChI is InChI=1S/C14H12Cl2FNO/c15-12-8-11(3-1-9(12)5-6-18)19-14-4-2-10(17)7-13(14)16/h1-4,7-8H,5-6,18H2. The lowest BCUT2D eigenvalue weighted by Gasteiger charge is -2.09. The average Bonchev–Trinajstić information content (AvgIpc) is 2.36. The SMILES string of the molecule is NCCc1ccc(Oc2ccc(F)cc2Cl)cc1Cl. The second-order valence-corrected chi connectivity index (χ2v) is 4.78. The van der Waals surface area contributed by atoms with Gasteiger partial charge in [0.15, 0.2) is 0 Å². The van der Waals surface area contributed by atoms with E-state index in [4.69, 9.17) is 33.7 Å². The minimum atomic E-state index is -0.409. The largest absolute Gasteiger partial charge is 0.456 e. The van der Waals surface area contributed by atoms with Crippen molar-refractivity contribution >= 4 is 23.2 Å². The van der Waals surface area contributed by atoms with Crippen LogP contribution in [-0.4, -0.2) is 6.54 Å². The van der Waals surface area contributed by atoms with E-state index in [2.05, 4.69) is 0 Å². The highest BCUT2D eigenvalue weighted by molar-refractivity contribution is 6.32. The second kappa shape index (κ2) is 6.24. The Morgan fingerprint density at radius 2 is 1.84 bits per heavy atom. The summed E-state index contributed by atoms with van der Waals surface area (Å²) in [5, 5.41) is 0.795. The zero-order valence-electron chi connectivity index (χ0n) is 10.00. The number of ether oxygens (including phenoxy) is 1. The normalized spacial score (nSPS) is 10.5. The fourth-order valence-corrected chi connectivity index (χ4v) is 2.11. The molecule has 2 N–H and O–H groups in total. The fourth-order valence-electron chi connectivity index (χ4n) is 1.63. The van der Waals surface area contributed by atoms with E-state index >= 15 is 0 Å². The van der Waals surface area contributed by atoms with Crippen molar-refractivity contribution in [1.82, 2.24) is 0 Å². The molecule has 19 heavy (non-hydrogen) atoms. The summed E-state index contributed by atoms with van der Waals surface area (Å²) in [4.78, 5) is 0. The maximum absolute atomic E-state index is 12.9. The molecular weight excluding hydrogens is 288 g/mol. The first kappa shape index (κ1) is 14.1. The van der Waals surface area contributed by atoms with Gasteiger partial charge in [-0.15, -0.1) is 0 Å². The molecule has 2 aromatic rings. The molecule has 0 aromatic heterocycles. The van der Waals surface area contributed by atoms with Crippen molar-refractivity contribution in [2.24, 2.45) is 5.73 Å². The first-order chi connectivity index (χ1) is 9.10. The van der Waals surface area contributed by atoms with Crippen molar-refractivity contribution in [2.45, 2.75) is 6.42 Å². The number of hydrogen-bond acceptors (Lipinski definition) is 2. The summed E-state index contributed by atoms with van der Waals surface area (Å²) in [6.45, 7) is 0.531. The van der Waals surface area contributed by atoms with Gasteiger partial charge in [-0.25, -0.2) is 4.39 Å². The predicted octanol–water partition coefficient (Wildman–Crippen LogP) is 4.43. The van der Waals surface area contributed by atoms with Crippen LogP contribution < -0.4 is 10.5 Å². The van der Waals surface area contributed by atoms with Crippen molar-refractivity contribution in [3.63, 3.8) is 0 Å². The van der Waals surface area contributed by atoms with Crippen LogP contribution in [0.3, 0.4) is 0 Å². The predicted molar refractivity (Wildman–Crippen MR) is 75.7 cm³/mol. The Balaban J connectivity index is 2.21. The van der Waals surface area contributed by atoms with Crippen LogP contribution in [0.5, 0.6) is 11.5 Å². The lowest BCUT2D eigenvalue weighted by atomic mass is 10.1. The Hall–Kier alpha value is -1.29. The lowest BCUT2D eigenvalue weighted by Crippen LogP contribution is -2.03. The molecule has 0 radical (unpaired) electrons. The lowest BCUT2D eigenvalue weighted by molar-refractivity contribution is 0.480. The molecule has 2 nitrogen and oxygen atoms in total. The quantitative estimate of drug-likeness (QED) is 0.906. The van der Waals surface area contributed by atoms with Crippen LogP contribution in [0, 0.1) is 5.82 Å². The third kappa shape index (κ3) is 3.60. The van der Waals surface area contributed by atoms with Crippen LogP contribution >= 0.6 is 23.2 Å². The molecule has 0 amide bonds. The van der Waals surface area contributed by atoms with Gasteiger partial charge in [0.1, 0.15) is 17.3 Å². The van der Waals surface area contributed by atoms with Gasteiger partial charge in [-0.2, -0.15) is 0 Å². The van der Waals surface area contributed by atoms with E-state index in [1.165, 1.54) is 18.2 Å². The van der Waals surface area contributed by atoms with E-state index in [0.29, 0.717) is 29.5 Å². The molecule has 0 aliphatic carbocycles. The molecule has 2 rings (SSSR count). The van der Waals surface area contributed by atoms with E-state index in [1.54, 1.807) is 12.1 Å². The molecule has 0 aliphatic rings. The molecule has 0 atom stereocenters. The summed E-state index contributed by atoms with van der Waals surface area (Å²) in [5.41, 5.74) is 6.44. The highest BCUT2D eigenvalue weighted by Gasteiger charge is 2.07. The maximum Gasteiger partial charge on any atom is 0.146 e. The molecule has 0 bridgehead atoms. The number of rotatable bonds is 4. The van der Waals surface area contributed by atoms with Gasteiger partial charge in [-0.1, -0.05) is 29.3 Å². The van der Waals surface area contributed by atoms with Gasteiger partial charge in [0.2, 0.25) is 0 Å². The van der Waals surface area contributed by atoms with Gasteiger partial charge < -0.3 is 10.5 Å². The molecule has 0 saturated carbocycles. The van der Waals surface area contributed by atoms with Crippen molar-refractivity contribution < 1.29 is 9.13 Å². The summed E-state index contributed by atoms with van der Waals surface area (Å²) in [6, 6.07) is 9.26. The molecular formula is C14H12Cl2FNO. The highest BCUT2D eigenvalue weighted by atomic mass is 35.5. The summed E-state index contributed by atoms with van der Waals surface area (Å²) in [5.74, 6) is 0.513. The Kier molecular flexibility index (Phi) is 4.64. The molecule has 2 aromatic carbocycles.